The minimum Gasteiger partial charge on any atom is -0.493 e. The monoisotopic (exact) mass is 261 g/mol. The Morgan fingerprint density at radius 3 is 3.11 bits per heavy atom. The SMILES string of the molecule is Cc1sc(CO)nc1-c1ccc2c(c1)CCCO2. The molecule has 0 fully saturated rings. The molecule has 3 nitrogen and oxygen atoms in total. The number of rotatable bonds is 2. The van der Waals surface area contributed by atoms with E-state index < -0.39 is 0 Å². The van der Waals surface area contributed by atoms with Crippen LogP contribution >= 0.6 is 11.3 Å². The van der Waals surface area contributed by atoms with E-state index in [0.29, 0.717) is 0 Å². The first-order valence-electron chi connectivity index (χ1n) is 6.11. The van der Waals surface area contributed by atoms with Crippen molar-refractivity contribution in [1.82, 2.24) is 4.98 Å². The van der Waals surface area contributed by atoms with Crippen molar-refractivity contribution in [3.63, 3.8) is 0 Å². The Morgan fingerprint density at radius 1 is 1.44 bits per heavy atom. The fourth-order valence-corrected chi connectivity index (χ4v) is 3.11. The van der Waals surface area contributed by atoms with E-state index in [2.05, 4.69) is 11.1 Å². The van der Waals surface area contributed by atoms with Crippen molar-refractivity contribution >= 4 is 11.3 Å². The van der Waals surface area contributed by atoms with Crippen molar-refractivity contribution in [1.29, 1.82) is 0 Å². The molecule has 2 heterocycles. The number of fused-ring (bicyclic) bond motifs is 1. The van der Waals surface area contributed by atoms with Gasteiger partial charge in [-0.2, -0.15) is 0 Å². The molecular formula is C14H15NO2S. The van der Waals surface area contributed by atoms with E-state index in [1.54, 1.807) is 11.3 Å². The molecule has 0 bridgehead atoms. The fourth-order valence-electron chi connectivity index (χ4n) is 2.29. The summed E-state index contributed by atoms with van der Waals surface area (Å²) in [6, 6.07) is 6.24. The Bertz CT molecular complexity index is 577. The van der Waals surface area contributed by atoms with Gasteiger partial charge in [-0.25, -0.2) is 4.98 Å². The summed E-state index contributed by atoms with van der Waals surface area (Å²) in [5, 5.41) is 9.92. The first kappa shape index (κ1) is 11.7. The third kappa shape index (κ3) is 2.02. The fraction of sp³-hybridized carbons (Fsp3) is 0.357. The molecule has 0 radical (unpaired) electrons. The zero-order valence-electron chi connectivity index (χ0n) is 10.3. The first-order valence-corrected chi connectivity index (χ1v) is 6.93. The van der Waals surface area contributed by atoms with Crippen LogP contribution in [-0.4, -0.2) is 16.7 Å². The standard InChI is InChI=1S/C14H15NO2S/c1-9-14(15-13(8-16)18-9)11-4-5-12-10(7-11)3-2-6-17-12/h4-5,7,16H,2-3,6,8H2,1H3. The van der Waals surface area contributed by atoms with Gasteiger partial charge in [0.05, 0.1) is 18.9 Å². The van der Waals surface area contributed by atoms with E-state index in [0.717, 1.165) is 46.3 Å². The van der Waals surface area contributed by atoms with Gasteiger partial charge in [-0.1, -0.05) is 0 Å². The van der Waals surface area contributed by atoms with Gasteiger partial charge in [0.15, 0.2) is 0 Å². The van der Waals surface area contributed by atoms with Gasteiger partial charge in [0.1, 0.15) is 10.8 Å². The van der Waals surface area contributed by atoms with Crippen LogP contribution < -0.4 is 4.74 Å². The Labute approximate surface area is 110 Å². The van der Waals surface area contributed by atoms with E-state index in [4.69, 9.17) is 9.84 Å². The number of thiazole rings is 1. The van der Waals surface area contributed by atoms with E-state index >= 15 is 0 Å². The Hall–Kier alpha value is -1.39. The highest BCUT2D eigenvalue weighted by atomic mass is 32.1. The summed E-state index contributed by atoms with van der Waals surface area (Å²) in [7, 11) is 0. The molecule has 0 aliphatic carbocycles. The topological polar surface area (TPSA) is 42.4 Å². The van der Waals surface area contributed by atoms with Gasteiger partial charge in [0.25, 0.3) is 0 Å². The number of aliphatic hydroxyl groups is 1. The molecule has 0 saturated carbocycles. The summed E-state index contributed by atoms with van der Waals surface area (Å²) in [5.41, 5.74) is 3.36. The molecule has 0 spiro atoms. The van der Waals surface area contributed by atoms with Gasteiger partial charge in [-0.3, -0.25) is 0 Å². The normalized spacial score (nSPS) is 14.1. The average Bonchev–Trinajstić information content (AvgIpc) is 2.79. The average molecular weight is 261 g/mol. The molecule has 1 aliphatic rings. The molecule has 0 unspecified atom stereocenters. The van der Waals surface area contributed by atoms with Crippen LogP contribution in [-0.2, 0) is 13.0 Å². The smallest absolute Gasteiger partial charge is 0.122 e. The number of ether oxygens (including phenoxy) is 1. The van der Waals surface area contributed by atoms with Crippen molar-refractivity contribution in [2.75, 3.05) is 6.61 Å². The number of aliphatic hydroxyl groups excluding tert-OH is 1. The van der Waals surface area contributed by atoms with E-state index in [9.17, 15) is 0 Å². The largest absolute Gasteiger partial charge is 0.493 e. The van der Waals surface area contributed by atoms with Crippen LogP contribution in [0.2, 0.25) is 0 Å². The Kier molecular flexibility index (Phi) is 3.06. The molecule has 1 aliphatic heterocycles. The molecule has 94 valence electrons. The molecule has 18 heavy (non-hydrogen) atoms. The van der Waals surface area contributed by atoms with Crippen LogP contribution in [0.4, 0.5) is 0 Å². The van der Waals surface area contributed by atoms with Crippen molar-refractivity contribution < 1.29 is 9.84 Å². The van der Waals surface area contributed by atoms with Crippen LogP contribution in [0.5, 0.6) is 5.75 Å². The molecule has 2 aromatic rings. The number of nitrogens with zero attached hydrogens (tertiary/aromatic N) is 1. The molecule has 4 heteroatoms. The van der Waals surface area contributed by atoms with E-state index in [-0.39, 0.29) is 6.61 Å². The summed E-state index contributed by atoms with van der Waals surface area (Å²) < 4.78 is 5.61. The molecule has 0 saturated heterocycles. The minimum absolute atomic E-state index is 0.0135. The second kappa shape index (κ2) is 4.71. The second-order valence-corrected chi connectivity index (χ2v) is 5.73. The third-order valence-electron chi connectivity index (χ3n) is 3.16. The maximum absolute atomic E-state index is 9.14. The molecule has 1 aromatic heterocycles. The lowest BCUT2D eigenvalue weighted by Crippen LogP contribution is -2.08. The van der Waals surface area contributed by atoms with Gasteiger partial charge in [0, 0.05) is 10.4 Å². The molecule has 0 amide bonds. The molecule has 1 aromatic carbocycles. The van der Waals surface area contributed by atoms with Crippen LogP contribution in [0.25, 0.3) is 11.3 Å². The van der Waals surface area contributed by atoms with Gasteiger partial charge < -0.3 is 9.84 Å². The van der Waals surface area contributed by atoms with Gasteiger partial charge >= 0.3 is 0 Å². The molecular weight excluding hydrogens is 246 g/mol. The predicted octanol–water partition coefficient (Wildman–Crippen LogP) is 2.94. The lowest BCUT2D eigenvalue weighted by Gasteiger charge is -2.17. The van der Waals surface area contributed by atoms with Crippen LogP contribution in [0.1, 0.15) is 21.9 Å². The van der Waals surface area contributed by atoms with Crippen molar-refractivity contribution in [3.05, 3.63) is 33.6 Å². The summed E-state index contributed by atoms with van der Waals surface area (Å²) in [6.07, 6.45) is 2.15. The number of hydrogen-bond donors (Lipinski definition) is 1. The molecule has 1 N–H and O–H groups in total. The van der Waals surface area contributed by atoms with Gasteiger partial charge in [-0.15, -0.1) is 11.3 Å². The molecule has 3 rings (SSSR count). The van der Waals surface area contributed by atoms with E-state index in [1.807, 2.05) is 19.1 Å². The minimum atomic E-state index is 0.0135. The summed E-state index contributed by atoms with van der Waals surface area (Å²) in [5.74, 6) is 1.00. The van der Waals surface area contributed by atoms with Crippen LogP contribution in [0, 0.1) is 6.92 Å². The lowest BCUT2D eigenvalue weighted by molar-refractivity contribution is 0.281. The summed E-state index contributed by atoms with van der Waals surface area (Å²) in [4.78, 5) is 5.62. The number of aromatic nitrogens is 1. The Balaban J connectivity index is 2.03. The van der Waals surface area contributed by atoms with Crippen LogP contribution in [0.15, 0.2) is 18.2 Å². The van der Waals surface area contributed by atoms with Crippen molar-refractivity contribution in [2.24, 2.45) is 0 Å². The first-order chi connectivity index (χ1) is 8.78. The maximum atomic E-state index is 9.14. The summed E-state index contributed by atoms with van der Waals surface area (Å²) >= 11 is 1.55. The van der Waals surface area contributed by atoms with E-state index in [1.165, 1.54) is 5.56 Å². The quantitative estimate of drug-likeness (QED) is 0.903. The molecule has 0 atom stereocenters. The lowest BCUT2D eigenvalue weighted by atomic mass is 10.0. The maximum Gasteiger partial charge on any atom is 0.122 e. The van der Waals surface area contributed by atoms with Crippen molar-refractivity contribution in [3.8, 4) is 17.0 Å². The predicted molar refractivity (Wildman–Crippen MR) is 72.0 cm³/mol. The highest BCUT2D eigenvalue weighted by Crippen LogP contribution is 2.32. The summed E-state index contributed by atoms with van der Waals surface area (Å²) in [6.45, 7) is 2.87. The Morgan fingerprint density at radius 2 is 2.33 bits per heavy atom. The highest BCUT2D eigenvalue weighted by molar-refractivity contribution is 7.12. The number of benzene rings is 1. The highest BCUT2D eigenvalue weighted by Gasteiger charge is 2.14. The number of hydrogen-bond acceptors (Lipinski definition) is 4. The second-order valence-electron chi connectivity index (χ2n) is 4.45. The third-order valence-corrected chi connectivity index (χ3v) is 4.11. The van der Waals surface area contributed by atoms with Crippen LogP contribution in [0.3, 0.4) is 0 Å². The number of aryl methyl sites for hydroxylation is 2. The zero-order chi connectivity index (χ0) is 12.5. The van der Waals surface area contributed by atoms with Gasteiger partial charge in [-0.05, 0) is 43.5 Å². The van der Waals surface area contributed by atoms with Crippen molar-refractivity contribution in [2.45, 2.75) is 26.4 Å². The van der Waals surface area contributed by atoms with Gasteiger partial charge in [0.2, 0.25) is 0 Å². The zero-order valence-corrected chi connectivity index (χ0v) is 11.1.